The molecule has 0 saturated carbocycles. The molecule has 0 aromatic heterocycles. The number of hydrogen-bond donors (Lipinski definition) is 1. The fourth-order valence-electron chi connectivity index (χ4n) is 1.07. The van der Waals surface area contributed by atoms with Crippen molar-refractivity contribution < 1.29 is 13.2 Å². The number of methoxy groups -OCH3 is 1. The van der Waals surface area contributed by atoms with Crippen molar-refractivity contribution in [2.24, 2.45) is 0 Å². The molecule has 0 radical (unpaired) electrons. The lowest BCUT2D eigenvalue weighted by atomic mass is 10.0. The number of sulfone groups is 1. The Kier molecular flexibility index (Phi) is 6.51. The molecule has 1 unspecified atom stereocenters. The van der Waals surface area contributed by atoms with Crippen LogP contribution in [0.3, 0.4) is 0 Å². The molecule has 0 aromatic rings. The maximum atomic E-state index is 11.8. The Morgan fingerprint density at radius 2 is 1.94 bits per heavy atom. The Morgan fingerprint density at radius 1 is 1.38 bits per heavy atom. The van der Waals surface area contributed by atoms with Crippen LogP contribution in [0, 0.1) is 0 Å². The topological polar surface area (TPSA) is 55.4 Å². The molecule has 16 heavy (non-hydrogen) atoms. The van der Waals surface area contributed by atoms with Crippen LogP contribution in [0.15, 0.2) is 0 Å². The minimum absolute atomic E-state index is 0.00889. The molecule has 1 N–H and O–H groups in total. The summed E-state index contributed by atoms with van der Waals surface area (Å²) in [4.78, 5) is 0. The Hall–Kier alpha value is -0.130. The molecule has 0 rings (SSSR count). The van der Waals surface area contributed by atoms with Crippen molar-refractivity contribution in [1.29, 1.82) is 0 Å². The fraction of sp³-hybridized carbons (Fsp3) is 1.00. The van der Waals surface area contributed by atoms with Crippen LogP contribution in [-0.2, 0) is 14.6 Å². The first-order valence-electron chi connectivity index (χ1n) is 5.70. The Balaban J connectivity index is 4.20. The second-order valence-corrected chi connectivity index (χ2v) is 7.33. The zero-order valence-electron chi connectivity index (χ0n) is 11.0. The molecular formula is C11H25NO3S. The van der Waals surface area contributed by atoms with Gasteiger partial charge in [-0.1, -0.05) is 6.92 Å². The van der Waals surface area contributed by atoms with Crippen molar-refractivity contribution in [1.82, 2.24) is 5.32 Å². The Labute approximate surface area is 99.7 Å². The molecule has 0 saturated heterocycles. The molecule has 0 fully saturated rings. The monoisotopic (exact) mass is 251 g/mol. The van der Waals surface area contributed by atoms with E-state index in [0.29, 0.717) is 6.54 Å². The standard InChI is InChI=1S/C11H25NO3S/c1-6-11(3,4)12-9-10(2)16(13,14)8-7-15-5/h10,12H,6-9H2,1-5H3. The van der Waals surface area contributed by atoms with Gasteiger partial charge in [-0.3, -0.25) is 0 Å². The van der Waals surface area contributed by atoms with Crippen LogP contribution in [-0.4, -0.2) is 45.2 Å². The van der Waals surface area contributed by atoms with Gasteiger partial charge in [-0.25, -0.2) is 8.42 Å². The van der Waals surface area contributed by atoms with E-state index in [4.69, 9.17) is 4.74 Å². The lowest BCUT2D eigenvalue weighted by molar-refractivity contribution is 0.217. The van der Waals surface area contributed by atoms with Gasteiger partial charge in [0.1, 0.15) is 0 Å². The molecule has 0 aliphatic heterocycles. The number of hydrogen-bond acceptors (Lipinski definition) is 4. The maximum absolute atomic E-state index is 11.8. The smallest absolute Gasteiger partial charge is 0.156 e. The molecule has 98 valence electrons. The molecule has 0 heterocycles. The van der Waals surface area contributed by atoms with Crippen molar-refractivity contribution in [3.63, 3.8) is 0 Å². The largest absolute Gasteiger partial charge is 0.384 e. The summed E-state index contributed by atoms with van der Waals surface area (Å²) in [6, 6.07) is 0. The van der Waals surface area contributed by atoms with Crippen LogP contribution in [0.25, 0.3) is 0 Å². The maximum Gasteiger partial charge on any atom is 0.156 e. The normalized spacial score (nSPS) is 15.1. The molecular weight excluding hydrogens is 226 g/mol. The zero-order chi connectivity index (χ0) is 12.8. The van der Waals surface area contributed by atoms with E-state index in [1.807, 2.05) is 0 Å². The van der Waals surface area contributed by atoms with Crippen molar-refractivity contribution in [2.45, 2.75) is 44.9 Å². The van der Waals surface area contributed by atoms with E-state index < -0.39 is 9.84 Å². The molecule has 0 amide bonds. The third kappa shape index (κ3) is 5.82. The molecule has 0 aromatic carbocycles. The van der Waals surface area contributed by atoms with Gasteiger partial charge in [0.05, 0.1) is 17.6 Å². The lowest BCUT2D eigenvalue weighted by Gasteiger charge is -2.26. The second kappa shape index (κ2) is 6.57. The molecule has 0 spiro atoms. The van der Waals surface area contributed by atoms with Gasteiger partial charge >= 0.3 is 0 Å². The van der Waals surface area contributed by atoms with Gasteiger partial charge in [0.2, 0.25) is 0 Å². The van der Waals surface area contributed by atoms with Crippen LogP contribution in [0.5, 0.6) is 0 Å². The number of ether oxygens (including phenoxy) is 1. The fourth-order valence-corrected chi connectivity index (χ4v) is 2.21. The first-order chi connectivity index (χ1) is 7.25. The average Bonchev–Trinajstić information content (AvgIpc) is 2.23. The first-order valence-corrected chi connectivity index (χ1v) is 7.42. The highest BCUT2D eigenvalue weighted by Crippen LogP contribution is 2.08. The van der Waals surface area contributed by atoms with Crippen molar-refractivity contribution >= 4 is 9.84 Å². The van der Waals surface area contributed by atoms with Gasteiger partial charge < -0.3 is 10.1 Å². The van der Waals surface area contributed by atoms with Gasteiger partial charge in [0.25, 0.3) is 0 Å². The Bertz CT molecular complexity index is 286. The minimum Gasteiger partial charge on any atom is -0.384 e. The van der Waals surface area contributed by atoms with E-state index in [2.05, 4.69) is 26.1 Å². The summed E-state index contributed by atoms with van der Waals surface area (Å²) in [6.45, 7) is 8.72. The van der Waals surface area contributed by atoms with E-state index in [1.165, 1.54) is 7.11 Å². The summed E-state index contributed by atoms with van der Waals surface area (Å²) < 4.78 is 28.3. The highest BCUT2D eigenvalue weighted by Gasteiger charge is 2.23. The van der Waals surface area contributed by atoms with Crippen molar-refractivity contribution in [2.75, 3.05) is 26.0 Å². The van der Waals surface area contributed by atoms with E-state index >= 15 is 0 Å². The van der Waals surface area contributed by atoms with Crippen LogP contribution < -0.4 is 5.32 Å². The van der Waals surface area contributed by atoms with Crippen LogP contribution >= 0.6 is 0 Å². The predicted octanol–water partition coefficient (Wildman–Crippen LogP) is 1.21. The Morgan fingerprint density at radius 3 is 2.38 bits per heavy atom. The summed E-state index contributed by atoms with van der Waals surface area (Å²) in [6.07, 6.45) is 0.970. The SMILES string of the molecule is CCC(C)(C)NCC(C)S(=O)(=O)CCOC. The minimum atomic E-state index is -3.04. The highest BCUT2D eigenvalue weighted by molar-refractivity contribution is 7.92. The van der Waals surface area contributed by atoms with Crippen LogP contribution in [0.1, 0.15) is 34.1 Å². The third-order valence-corrected chi connectivity index (χ3v) is 5.07. The summed E-state index contributed by atoms with van der Waals surface area (Å²) in [5.74, 6) is 0.0961. The van der Waals surface area contributed by atoms with Crippen LogP contribution in [0.2, 0.25) is 0 Å². The summed E-state index contributed by atoms with van der Waals surface area (Å²) >= 11 is 0. The number of nitrogens with one attached hydrogen (secondary N) is 1. The van der Waals surface area contributed by atoms with Gasteiger partial charge in [-0.15, -0.1) is 0 Å². The number of rotatable bonds is 8. The van der Waals surface area contributed by atoms with Gasteiger partial charge in [0.15, 0.2) is 9.84 Å². The van der Waals surface area contributed by atoms with Crippen molar-refractivity contribution in [3.8, 4) is 0 Å². The predicted molar refractivity (Wildman–Crippen MR) is 67.5 cm³/mol. The average molecular weight is 251 g/mol. The summed E-state index contributed by atoms with van der Waals surface area (Å²) in [7, 11) is -1.53. The quantitative estimate of drug-likeness (QED) is 0.704. The van der Waals surface area contributed by atoms with Gasteiger partial charge in [-0.2, -0.15) is 0 Å². The third-order valence-electron chi connectivity index (χ3n) is 2.94. The van der Waals surface area contributed by atoms with E-state index in [0.717, 1.165) is 6.42 Å². The molecule has 0 aliphatic rings. The van der Waals surface area contributed by atoms with E-state index in [-0.39, 0.29) is 23.1 Å². The molecule has 4 nitrogen and oxygen atoms in total. The van der Waals surface area contributed by atoms with Crippen LogP contribution in [0.4, 0.5) is 0 Å². The van der Waals surface area contributed by atoms with E-state index in [1.54, 1.807) is 6.92 Å². The summed E-state index contributed by atoms with van der Waals surface area (Å²) in [5.41, 5.74) is -0.00889. The summed E-state index contributed by atoms with van der Waals surface area (Å²) in [5, 5.41) is 2.90. The van der Waals surface area contributed by atoms with Gasteiger partial charge in [0, 0.05) is 19.2 Å². The first kappa shape index (κ1) is 15.9. The van der Waals surface area contributed by atoms with Crippen molar-refractivity contribution in [3.05, 3.63) is 0 Å². The molecule has 1 atom stereocenters. The molecule has 5 heteroatoms. The van der Waals surface area contributed by atoms with E-state index in [9.17, 15) is 8.42 Å². The zero-order valence-corrected chi connectivity index (χ0v) is 11.9. The molecule has 0 aliphatic carbocycles. The second-order valence-electron chi connectivity index (χ2n) is 4.79. The molecule has 0 bridgehead atoms. The highest BCUT2D eigenvalue weighted by atomic mass is 32.2. The van der Waals surface area contributed by atoms with Gasteiger partial charge in [-0.05, 0) is 27.2 Å². The lowest BCUT2D eigenvalue weighted by Crippen LogP contribution is -2.44.